The summed E-state index contributed by atoms with van der Waals surface area (Å²) in [4.78, 5) is 12.3. The standard InChI is InChI=1S/C22H22F3N3O2/c1-13-3-2-4-19-20(13)16(21(29)28-19)12-26-15-5-6-18(17(11-15)22(23,24)25)27-14-7-9-30-10-8-14/h2-6,11-12,14,26-27H,7-10H2,1H3,(H,28,29). The van der Waals surface area contributed by atoms with E-state index < -0.39 is 11.7 Å². The second-order valence-corrected chi connectivity index (χ2v) is 7.44. The number of hydrogen-bond donors (Lipinski definition) is 3. The lowest BCUT2D eigenvalue weighted by Crippen LogP contribution is -2.28. The van der Waals surface area contributed by atoms with Gasteiger partial charge in [0.05, 0.1) is 11.1 Å². The minimum Gasteiger partial charge on any atom is -0.382 e. The number of carbonyl (C=O) groups is 1. The smallest absolute Gasteiger partial charge is 0.382 e. The molecular formula is C22H22F3N3O2. The van der Waals surface area contributed by atoms with E-state index in [2.05, 4.69) is 16.0 Å². The number of anilines is 3. The third-order valence-corrected chi connectivity index (χ3v) is 5.32. The van der Waals surface area contributed by atoms with Crippen LogP contribution in [0.5, 0.6) is 0 Å². The normalized spacial score (nSPS) is 18.3. The molecule has 2 aromatic carbocycles. The molecule has 2 aliphatic rings. The summed E-state index contributed by atoms with van der Waals surface area (Å²) < 4.78 is 46.3. The fourth-order valence-corrected chi connectivity index (χ4v) is 3.78. The minimum absolute atomic E-state index is 0.0485. The SMILES string of the molecule is Cc1cccc2c1C(=CNc1ccc(NC3CCOCC3)c(C(F)(F)F)c1)C(=O)N2. The Bertz CT molecular complexity index is 996. The molecule has 0 radical (unpaired) electrons. The van der Waals surface area contributed by atoms with Gasteiger partial charge in [0.25, 0.3) is 5.91 Å². The van der Waals surface area contributed by atoms with Gasteiger partial charge in [0.2, 0.25) is 0 Å². The molecule has 158 valence electrons. The zero-order valence-electron chi connectivity index (χ0n) is 16.4. The largest absolute Gasteiger partial charge is 0.418 e. The average Bonchev–Trinajstić information content (AvgIpc) is 3.03. The summed E-state index contributed by atoms with van der Waals surface area (Å²) in [7, 11) is 0. The van der Waals surface area contributed by atoms with Gasteiger partial charge in [-0.2, -0.15) is 13.2 Å². The van der Waals surface area contributed by atoms with Gasteiger partial charge in [-0.05, 0) is 49.6 Å². The van der Waals surface area contributed by atoms with E-state index >= 15 is 0 Å². The summed E-state index contributed by atoms with van der Waals surface area (Å²) >= 11 is 0. The second kappa shape index (κ2) is 8.02. The highest BCUT2D eigenvalue weighted by atomic mass is 19.4. The predicted octanol–water partition coefficient (Wildman–Crippen LogP) is 5.01. The highest BCUT2D eigenvalue weighted by Crippen LogP contribution is 2.38. The summed E-state index contributed by atoms with van der Waals surface area (Å²) in [6.45, 7) is 2.95. The summed E-state index contributed by atoms with van der Waals surface area (Å²) in [6.07, 6.45) is -1.73. The van der Waals surface area contributed by atoms with Crippen LogP contribution in [0, 0.1) is 6.92 Å². The van der Waals surface area contributed by atoms with Crippen LogP contribution in [0.1, 0.15) is 29.5 Å². The van der Waals surface area contributed by atoms with Crippen LogP contribution in [0.15, 0.2) is 42.6 Å². The maximum absolute atomic E-state index is 13.7. The molecule has 1 fully saturated rings. The number of hydrogen-bond acceptors (Lipinski definition) is 4. The van der Waals surface area contributed by atoms with E-state index in [0.29, 0.717) is 37.3 Å². The summed E-state index contributed by atoms with van der Waals surface area (Å²) in [6, 6.07) is 9.51. The van der Waals surface area contributed by atoms with Gasteiger partial charge in [0.15, 0.2) is 0 Å². The van der Waals surface area contributed by atoms with Crippen molar-refractivity contribution in [2.75, 3.05) is 29.2 Å². The predicted molar refractivity (Wildman–Crippen MR) is 110 cm³/mol. The minimum atomic E-state index is -4.51. The van der Waals surface area contributed by atoms with Crippen molar-refractivity contribution >= 4 is 28.5 Å². The third-order valence-electron chi connectivity index (χ3n) is 5.32. The van der Waals surface area contributed by atoms with Gasteiger partial charge in [0, 0.05) is 48.1 Å². The Hall–Kier alpha value is -3.00. The Morgan fingerprint density at radius 3 is 2.67 bits per heavy atom. The molecule has 4 rings (SSSR count). The molecule has 3 N–H and O–H groups in total. The summed E-state index contributed by atoms with van der Waals surface area (Å²) in [5.41, 5.74) is 2.30. The summed E-state index contributed by atoms with van der Waals surface area (Å²) in [5.74, 6) is -0.291. The molecule has 2 heterocycles. The van der Waals surface area contributed by atoms with E-state index in [1.54, 1.807) is 12.1 Å². The van der Waals surface area contributed by atoms with Crippen molar-refractivity contribution in [3.05, 3.63) is 59.3 Å². The number of alkyl halides is 3. The van der Waals surface area contributed by atoms with Crippen molar-refractivity contribution < 1.29 is 22.7 Å². The topological polar surface area (TPSA) is 62.4 Å². The number of nitrogens with one attached hydrogen (secondary N) is 3. The van der Waals surface area contributed by atoms with Crippen molar-refractivity contribution in [1.29, 1.82) is 0 Å². The number of fused-ring (bicyclic) bond motifs is 1. The van der Waals surface area contributed by atoms with E-state index in [1.807, 2.05) is 19.1 Å². The third kappa shape index (κ3) is 4.14. The maximum atomic E-state index is 13.7. The van der Waals surface area contributed by atoms with E-state index in [4.69, 9.17) is 4.74 Å². The first kappa shape index (κ1) is 20.3. The van der Waals surface area contributed by atoms with Gasteiger partial charge < -0.3 is 20.7 Å². The van der Waals surface area contributed by atoms with Crippen LogP contribution < -0.4 is 16.0 Å². The van der Waals surface area contributed by atoms with E-state index in [1.165, 1.54) is 12.3 Å². The van der Waals surface area contributed by atoms with Crippen molar-refractivity contribution in [2.45, 2.75) is 32.0 Å². The van der Waals surface area contributed by atoms with Crippen LogP contribution in [-0.2, 0) is 15.7 Å². The molecule has 0 spiro atoms. The van der Waals surface area contributed by atoms with Crippen LogP contribution in [0.25, 0.3) is 5.57 Å². The Labute approximate surface area is 172 Å². The van der Waals surface area contributed by atoms with E-state index in [9.17, 15) is 18.0 Å². The molecular weight excluding hydrogens is 395 g/mol. The quantitative estimate of drug-likeness (QED) is 0.612. The van der Waals surface area contributed by atoms with Crippen molar-refractivity contribution in [3.8, 4) is 0 Å². The Morgan fingerprint density at radius 2 is 1.93 bits per heavy atom. The second-order valence-electron chi connectivity index (χ2n) is 7.44. The molecule has 2 aromatic rings. The molecule has 0 atom stereocenters. The molecule has 8 heteroatoms. The van der Waals surface area contributed by atoms with Crippen molar-refractivity contribution in [2.24, 2.45) is 0 Å². The number of carbonyl (C=O) groups excluding carboxylic acids is 1. The van der Waals surface area contributed by atoms with Crippen LogP contribution in [0.4, 0.5) is 30.2 Å². The van der Waals surface area contributed by atoms with E-state index in [0.717, 1.165) is 17.2 Å². The lowest BCUT2D eigenvalue weighted by Gasteiger charge is -2.26. The number of halogens is 3. The van der Waals surface area contributed by atoms with Crippen LogP contribution in [-0.4, -0.2) is 25.2 Å². The molecule has 2 aliphatic heterocycles. The molecule has 0 aliphatic carbocycles. The zero-order chi connectivity index (χ0) is 21.3. The number of ether oxygens (including phenoxy) is 1. The molecule has 0 bridgehead atoms. The molecule has 0 saturated carbocycles. The fraction of sp³-hybridized carbons (Fsp3) is 0.318. The first-order chi connectivity index (χ1) is 14.3. The molecule has 5 nitrogen and oxygen atoms in total. The Morgan fingerprint density at radius 1 is 1.17 bits per heavy atom. The first-order valence-corrected chi connectivity index (χ1v) is 9.76. The lowest BCUT2D eigenvalue weighted by atomic mass is 10.0. The number of benzene rings is 2. The van der Waals surface area contributed by atoms with Crippen molar-refractivity contribution in [3.63, 3.8) is 0 Å². The van der Waals surface area contributed by atoms with Gasteiger partial charge in [-0.15, -0.1) is 0 Å². The number of aryl methyl sites for hydroxylation is 1. The number of amides is 1. The highest BCUT2D eigenvalue weighted by molar-refractivity contribution is 6.32. The van der Waals surface area contributed by atoms with Gasteiger partial charge in [-0.25, -0.2) is 0 Å². The highest BCUT2D eigenvalue weighted by Gasteiger charge is 2.34. The average molecular weight is 417 g/mol. The lowest BCUT2D eigenvalue weighted by molar-refractivity contribution is -0.137. The van der Waals surface area contributed by atoms with Gasteiger partial charge in [-0.3, -0.25) is 4.79 Å². The van der Waals surface area contributed by atoms with E-state index in [-0.39, 0.29) is 23.3 Å². The maximum Gasteiger partial charge on any atom is 0.418 e. The summed E-state index contributed by atoms with van der Waals surface area (Å²) in [5, 5.41) is 8.63. The van der Waals surface area contributed by atoms with Crippen molar-refractivity contribution in [1.82, 2.24) is 0 Å². The Balaban J connectivity index is 1.60. The zero-order valence-corrected chi connectivity index (χ0v) is 16.4. The Kier molecular flexibility index (Phi) is 5.42. The van der Waals surface area contributed by atoms with Gasteiger partial charge in [0.1, 0.15) is 0 Å². The fourth-order valence-electron chi connectivity index (χ4n) is 3.78. The first-order valence-electron chi connectivity index (χ1n) is 9.76. The van der Waals surface area contributed by atoms with Gasteiger partial charge in [-0.1, -0.05) is 12.1 Å². The van der Waals surface area contributed by atoms with Gasteiger partial charge >= 0.3 is 6.18 Å². The molecule has 0 aromatic heterocycles. The molecule has 30 heavy (non-hydrogen) atoms. The van der Waals surface area contributed by atoms with Crippen LogP contribution in [0.2, 0.25) is 0 Å². The van der Waals surface area contributed by atoms with Crippen LogP contribution >= 0.6 is 0 Å². The monoisotopic (exact) mass is 417 g/mol. The van der Waals surface area contributed by atoms with Crippen LogP contribution in [0.3, 0.4) is 0 Å². The molecule has 0 unspecified atom stereocenters. The number of rotatable bonds is 4. The molecule has 1 saturated heterocycles. The molecule has 1 amide bonds.